The maximum Gasteiger partial charge on any atom is 0.433 e. The average molecular weight is 260 g/mol. The van der Waals surface area contributed by atoms with Crippen LogP contribution < -0.4 is 0 Å². The molecule has 0 fully saturated rings. The second-order valence-electron chi connectivity index (χ2n) is 3.45. The summed E-state index contributed by atoms with van der Waals surface area (Å²) in [5.41, 5.74) is -1.88. The zero-order chi connectivity index (χ0) is 13.5. The highest BCUT2D eigenvalue weighted by Gasteiger charge is 2.35. The Kier molecular flexibility index (Phi) is 2.68. The number of hydrogen-bond acceptors (Lipinski definition) is 4. The Balaban J connectivity index is 2.81. The number of aromatic carboxylic acids is 1. The van der Waals surface area contributed by atoms with Gasteiger partial charge in [0.1, 0.15) is 11.4 Å². The third-order valence-corrected chi connectivity index (χ3v) is 2.29. The predicted molar refractivity (Wildman–Crippen MR) is 52.1 cm³/mol. The molecule has 0 atom stereocenters. The predicted octanol–water partition coefficient (Wildman–Crippen LogP) is 1.40. The molecule has 2 aromatic heterocycles. The molecule has 0 bridgehead atoms. The van der Waals surface area contributed by atoms with Gasteiger partial charge in [0.05, 0.1) is 0 Å². The fourth-order valence-electron chi connectivity index (χ4n) is 1.45. The van der Waals surface area contributed by atoms with Crippen LogP contribution in [0.5, 0.6) is 0 Å². The van der Waals surface area contributed by atoms with Crippen molar-refractivity contribution in [3.63, 3.8) is 0 Å². The Morgan fingerprint density at radius 1 is 1.50 bits per heavy atom. The largest absolute Gasteiger partial charge is 0.477 e. The number of aromatic nitrogens is 4. The number of nitrogens with zero attached hydrogens (tertiary/aromatic N) is 4. The van der Waals surface area contributed by atoms with Crippen molar-refractivity contribution >= 4 is 11.6 Å². The van der Waals surface area contributed by atoms with Crippen molar-refractivity contribution in [2.24, 2.45) is 0 Å². The van der Waals surface area contributed by atoms with Gasteiger partial charge in [0.25, 0.3) is 0 Å². The minimum Gasteiger partial charge on any atom is -0.477 e. The van der Waals surface area contributed by atoms with Gasteiger partial charge < -0.3 is 5.11 Å². The lowest BCUT2D eigenvalue weighted by atomic mass is 10.3. The molecular formula is C9H7F3N4O2. The molecule has 0 unspecified atom stereocenters. The first-order valence-corrected chi connectivity index (χ1v) is 4.90. The second kappa shape index (κ2) is 3.93. The van der Waals surface area contributed by atoms with E-state index in [4.69, 9.17) is 5.11 Å². The number of carboxylic acids is 1. The lowest BCUT2D eigenvalue weighted by molar-refractivity contribution is -0.141. The Morgan fingerprint density at radius 3 is 2.67 bits per heavy atom. The zero-order valence-corrected chi connectivity index (χ0v) is 9.06. The van der Waals surface area contributed by atoms with Gasteiger partial charge in [-0.25, -0.2) is 9.78 Å². The zero-order valence-electron chi connectivity index (χ0n) is 9.06. The highest BCUT2D eigenvalue weighted by molar-refractivity contribution is 5.86. The molecular weight excluding hydrogens is 253 g/mol. The number of alkyl halides is 3. The van der Waals surface area contributed by atoms with Gasteiger partial charge in [0, 0.05) is 6.07 Å². The summed E-state index contributed by atoms with van der Waals surface area (Å²) in [6, 6.07) is 0.434. The third-order valence-electron chi connectivity index (χ3n) is 2.29. The van der Waals surface area contributed by atoms with E-state index in [0.29, 0.717) is 12.5 Å². The molecule has 0 radical (unpaired) electrons. The molecule has 0 saturated heterocycles. The standard InChI is InChI=1S/C9H7F3N4O2/c1-2-4-7-13-6(9(10,11)12)3-5(8(17)18)16(7)15-14-4/h3H,2H2,1H3,(H,17,18). The van der Waals surface area contributed by atoms with Crippen molar-refractivity contribution < 1.29 is 23.1 Å². The molecule has 0 aliphatic heterocycles. The molecule has 0 spiro atoms. The van der Waals surface area contributed by atoms with Gasteiger partial charge in [-0.3, -0.25) is 0 Å². The van der Waals surface area contributed by atoms with Crippen LogP contribution in [0, 0.1) is 0 Å². The topological polar surface area (TPSA) is 80.4 Å². The van der Waals surface area contributed by atoms with Crippen LogP contribution in [0.3, 0.4) is 0 Å². The molecule has 18 heavy (non-hydrogen) atoms. The average Bonchev–Trinajstić information content (AvgIpc) is 2.68. The summed E-state index contributed by atoms with van der Waals surface area (Å²) >= 11 is 0. The van der Waals surface area contributed by atoms with E-state index in [2.05, 4.69) is 15.3 Å². The van der Waals surface area contributed by atoms with E-state index in [1.165, 1.54) is 0 Å². The lowest BCUT2D eigenvalue weighted by Crippen LogP contribution is -2.15. The molecule has 0 amide bonds. The summed E-state index contributed by atoms with van der Waals surface area (Å²) in [6.45, 7) is 1.66. The minimum atomic E-state index is -4.72. The fraction of sp³-hybridized carbons (Fsp3) is 0.333. The summed E-state index contributed by atoms with van der Waals surface area (Å²) in [5.74, 6) is -1.53. The van der Waals surface area contributed by atoms with Gasteiger partial charge in [-0.15, -0.1) is 5.10 Å². The maximum absolute atomic E-state index is 12.6. The van der Waals surface area contributed by atoms with E-state index < -0.39 is 23.5 Å². The minimum absolute atomic E-state index is 0.190. The molecule has 2 aromatic rings. The number of carbonyl (C=O) groups is 1. The molecule has 2 heterocycles. The van der Waals surface area contributed by atoms with Crippen LogP contribution in [0.15, 0.2) is 6.07 Å². The molecule has 96 valence electrons. The first kappa shape index (κ1) is 12.3. The number of rotatable bonds is 2. The van der Waals surface area contributed by atoms with E-state index in [-0.39, 0.29) is 11.3 Å². The third kappa shape index (κ3) is 1.87. The molecule has 9 heteroatoms. The normalized spacial score (nSPS) is 12.0. The summed E-state index contributed by atoms with van der Waals surface area (Å²) < 4.78 is 38.6. The number of fused-ring (bicyclic) bond motifs is 1. The summed E-state index contributed by atoms with van der Waals surface area (Å²) in [5, 5.41) is 16.0. The van der Waals surface area contributed by atoms with Gasteiger partial charge in [0.2, 0.25) is 0 Å². The van der Waals surface area contributed by atoms with E-state index in [9.17, 15) is 18.0 Å². The van der Waals surface area contributed by atoms with Gasteiger partial charge in [-0.1, -0.05) is 12.1 Å². The summed E-state index contributed by atoms with van der Waals surface area (Å²) in [6.07, 6.45) is -4.42. The molecule has 2 rings (SSSR count). The smallest absolute Gasteiger partial charge is 0.433 e. The molecule has 1 N–H and O–H groups in total. The highest BCUT2D eigenvalue weighted by Crippen LogP contribution is 2.29. The molecule has 0 saturated carbocycles. The van der Waals surface area contributed by atoms with Crippen LogP contribution in [0.4, 0.5) is 13.2 Å². The van der Waals surface area contributed by atoms with Crippen LogP contribution in [-0.4, -0.2) is 30.9 Å². The number of carboxylic acid groups (broad SMARTS) is 1. The van der Waals surface area contributed by atoms with Gasteiger partial charge in [-0.05, 0) is 6.42 Å². The van der Waals surface area contributed by atoms with Gasteiger partial charge in [-0.2, -0.15) is 17.7 Å². The van der Waals surface area contributed by atoms with E-state index >= 15 is 0 Å². The maximum atomic E-state index is 12.6. The Labute approximate surface area is 98.1 Å². The van der Waals surface area contributed by atoms with Crippen molar-refractivity contribution in [2.75, 3.05) is 0 Å². The first-order chi connectivity index (χ1) is 8.34. The quantitative estimate of drug-likeness (QED) is 0.882. The van der Waals surface area contributed by atoms with Crippen LogP contribution >= 0.6 is 0 Å². The molecule has 6 nitrogen and oxygen atoms in total. The molecule has 0 aromatic carbocycles. The first-order valence-electron chi connectivity index (χ1n) is 4.90. The second-order valence-corrected chi connectivity index (χ2v) is 3.45. The van der Waals surface area contributed by atoms with Crippen molar-refractivity contribution in [1.82, 2.24) is 19.8 Å². The van der Waals surface area contributed by atoms with Gasteiger partial charge >= 0.3 is 12.1 Å². The monoisotopic (exact) mass is 260 g/mol. The number of halogens is 3. The van der Waals surface area contributed by atoms with Crippen molar-refractivity contribution in [2.45, 2.75) is 19.5 Å². The van der Waals surface area contributed by atoms with Crippen LogP contribution in [0.1, 0.15) is 28.8 Å². The van der Waals surface area contributed by atoms with Crippen LogP contribution in [-0.2, 0) is 12.6 Å². The summed E-state index contributed by atoms with van der Waals surface area (Å²) in [4.78, 5) is 14.3. The Bertz CT molecular complexity index is 620. The SMILES string of the molecule is CCc1nnn2c(C(=O)O)cc(C(F)(F)F)nc12. The summed E-state index contributed by atoms with van der Waals surface area (Å²) in [7, 11) is 0. The van der Waals surface area contributed by atoms with E-state index in [1.807, 2.05) is 0 Å². The van der Waals surface area contributed by atoms with Crippen molar-refractivity contribution in [3.05, 3.63) is 23.1 Å². The van der Waals surface area contributed by atoms with Gasteiger partial charge in [0.15, 0.2) is 11.3 Å². The van der Waals surface area contributed by atoms with Crippen LogP contribution in [0.25, 0.3) is 5.65 Å². The lowest BCUT2D eigenvalue weighted by Gasteiger charge is -2.07. The number of hydrogen-bond donors (Lipinski definition) is 1. The molecule has 0 aliphatic rings. The van der Waals surface area contributed by atoms with E-state index in [0.717, 1.165) is 4.52 Å². The van der Waals surface area contributed by atoms with Crippen LogP contribution in [0.2, 0.25) is 0 Å². The highest BCUT2D eigenvalue weighted by atomic mass is 19.4. The molecule has 0 aliphatic carbocycles. The fourth-order valence-corrected chi connectivity index (χ4v) is 1.45. The van der Waals surface area contributed by atoms with Crippen molar-refractivity contribution in [1.29, 1.82) is 0 Å². The number of aryl methyl sites for hydroxylation is 1. The Morgan fingerprint density at radius 2 is 2.17 bits per heavy atom. The van der Waals surface area contributed by atoms with Crippen molar-refractivity contribution in [3.8, 4) is 0 Å². The van der Waals surface area contributed by atoms with E-state index in [1.54, 1.807) is 6.92 Å². The Hall–Kier alpha value is -2.19.